The molecule has 2 aromatic carbocycles. The summed E-state index contributed by atoms with van der Waals surface area (Å²) in [5, 5.41) is 0. The molecule has 0 unspecified atom stereocenters. The zero-order valence-electron chi connectivity index (χ0n) is 10.7. The van der Waals surface area contributed by atoms with Crippen LogP contribution < -0.4 is 5.73 Å². The number of rotatable bonds is 3. The highest BCUT2D eigenvalue weighted by molar-refractivity contribution is 5.97. The molecule has 0 saturated heterocycles. The Labute approximate surface area is 107 Å². The molecule has 2 nitrogen and oxygen atoms in total. The average molecular weight is 239 g/mol. The summed E-state index contributed by atoms with van der Waals surface area (Å²) in [6.07, 6.45) is 0.423. The molecule has 2 N–H and O–H groups in total. The van der Waals surface area contributed by atoms with Crippen molar-refractivity contribution in [3.05, 3.63) is 64.7 Å². The topological polar surface area (TPSA) is 43.1 Å². The number of nitrogens with two attached hydrogens (primary N) is 1. The molecule has 0 fully saturated rings. The van der Waals surface area contributed by atoms with Crippen LogP contribution in [0.15, 0.2) is 42.5 Å². The van der Waals surface area contributed by atoms with Crippen molar-refractivity contribution >= 4 is 11.5 Å². The van der Waals surface area contributed by atoms with E-state index in [-0.39, 0.29) is 5.78 Å². The molecule has 0 aromatic heterocycles. The minimum absolute atomic E-state index is 0.138. The Hall–Kier alpha value is -2.09. The summed E-state index contributed by atoms with van der Waals surface area (Å²) < 4.78 is 0. The molecule has 0 bridgehead atoms. The fourth-order valence-corrected chi connectivity index (χ4v) is 2.08. The second-order valence-electron chi connectivity index (χ2n) is 4.61. The first-order valence-corrected chi connectivity index (χ1v) is 6.02. The van der Waals surface area contributed by atoms with Crippen LogP contribution in [-0.2, 0) is 6.42 Å². The van der Waals surface area contributed by atoms with E-state index in [0.29, 0.717) is 6.42 Å². The van der Waals surface area contributed by atoms with Gasteiger partial charge in [0.2, 0.25) is 0 Å². The first-order chi connectivity index (χ1) is 8.58. The van der Waals surface area contributed by atoms with Crippen molar-refractivity contribution in [3.8, 4) is 0 Å². The smallest absolute Gasteiger partial charge is 0.167 e. The normalized spacial score (nSPS) is 10.3. The minimum Gasteiger partial charge on any atom is -0.398 e. The van der Waals surface area contributed by atoms with E-state index in [1.807, 2.05) is 56.3 Å². The van der Waals surface area contributed by atoms with Crippen molar-refractivity contribution < 1.29 is 4.79 Å². The average Bonchev–Trinajstić information content (AvgIpc) is 2.37. The minimum atomic E-state index is 0.138. The lowest BCUT2D eigenvalue weighted by Gasteiger charge is -2.08. The highest BCUT2D eigenvalue weighted by Crippen LogP contribution is 2.19. The van der Waals surface area contributed by atoms with Gasteiger partial charge in [-0.05, 0) is 30.5 Å². The summed E-state index contributed by atoms with van der Waals surface area (Å²) in [7, 11) is 0. The summed E-state index contributed by atoms with van der Waals surface area (Å²) in [5.41, 5.74) is 10.6. The summed E-state index contributed by atoms with van der Waals surface area (Å²) in [4.78, 5) is 12.1. The van der Waals surface area contributed by atoms with Gasteiger partial charge in [0.1, 0.15) is 0 Å². The maximum Gasteiger partial charge on any atom is 0.167 e. The zero-order valence-corrected chi connectivity index (χ0v) is 10.7. The zero-order chi connectivity index (χ0) is 13.1. The number of aryl methyl sites for hydroxylation is 2. The van der Waals surface area contributed by atoms with Crippen molar-refractivity contribution in [1.82, 2.24) is 0 Å². The third kappa shape index (κ3) is 2.59. The Balaban J connectivity index is 2.23. The second kappa shape index (κ2) is 5.05. The van der Waals surface area contributed by atoms with Crippen molar-refractivity contribution in [2.24, 2.45) is 0 Å². The van der Waals surface area contributed by atoms with Crippen molar-refractivity contribution in [3.63, 3.8) is 0 Å². The van der Waals surface area contributed by atoms with Crippen molar-refractivity contribution in [1.29, 1.82) is 0 Å². The molecule has 2 heteroatoms. The SMILES string of the molecule is Cc1cc(CC(=O)c2ccccc2)cc(C)c1N. The first-order valence-electron chi connectivity index (χ1n) is 6.02. The van der Waals surface area contributed by atoms with Crippen LogP contribution in [0, 0.1) is 13.8 Å². The van der Waals surface area contributed by atoms with Crippen molar-refractivity contribution in [2.45, 2.75) is 20.3 Å². The third-order valence-electron chi connectivity index (χ3n) is 3.11. The van der Waals surface area contributed by atoms with Gasteiger partial charge in [-0.25, -0.2) is 0 Å². The fraction of sp³-hybridized carbons (Fsp3) is 0.188. The highest BCUT2D eigenvalue weighted by atomic mass is 16.1. The molecule has 0 saturated carbocycles. The Kier molecular flexibility index (Phi) is 3.47. The highest BCUT2D eigenvalue weighted by Gasteiger charge is 2.08. The van der Waals surface area contributed by atoms with Crippen LogP contribution in [0.25, 0.3) is 0 Å². The number of anilines is 1. The molecule has 0 spiro atoms. The molecule has 0 atom stereocenters. The molecule has 2 aromatic rings. The maximum absolute atomic E-state index is 12.1. The van der Waals surface area contributed by atoms with E-state index in [1.54, 1.807) is 0 Å². The van der Waals surface area contributed by atoms with Gasteiger partial charge in [-0.3, -0.25) is 4.79 Å². The number of hydrogen-bond acceptors (Lipinski definition) is 2. The summed E-state index contributed by atoms with van der Waals surface area (Å²) >= 11 is 0. The lowest BCUT2D eigenvalue weighted by molar-refractivity contribution is 0.0993. The number of Topliss-reactive ketones (excluding diaryl/α,β-unsaturated/α-hetero) is 1. The quantitative estimate of drug-likeness (QED) is 0.659. The van der Waals surface area contributed by atoms with Crippen LogP contribution in [0.2, 0.25) is 0 Å². The predicted octanol–water partition coefficient (Wildman–Crippen LogP) is 3.31. The standard InChI is InChI=1S/C16H17NO/c1-11-8-13(9-12(2)16(11)17)10-15(18)14-6-4-3-5-7-14/h3-9H,10,17H2,1-2H3. The van der Waals surface area contributed by atoms with Gasteiger partial charge >= 0.3 is 0 Å². The Morgan fingerprint density at radius 3 is 2.17 bits per heavy atom. The van der Waals surface area contributed by atoms with Crippen LogP contribution in [0.1, 0.15) is 27.0 Å². The fourth-order valence-electron chi connectivity index (χ4n) is 2.08. The molecule has 0 radical (unpaired) electrons. The first kappa shape index (κ1) is 12.4. The number of hydrogen-bond donors (Lipinski definition) is 1. The predicted molar refractivity (Wildman–Crippen MR) is 74.8 cm³/mol. The van der Waals surface area contributed by atoms with Crippen LogP contribution in [-0.4, -0.2) is 5.78 Å². The van der Waals surface area contributed by atoms with E-state index in [9.17, 15) is 4.79 Å². The molecule has 0 amide bonds. The van der Waals surface area contributed by atoms with Crippen LogP contribution in [0.3, 0.4) is 0 Å². The summed E-state index contributed by atoms with van der Waals surface area (Å²) in [5.74, 6) is 0.138. The Bertz CT molecular complexity index is 550. The largest absolute Gasteiger partial charge is 0.398 e. The van der Waals surface area contributed by atoms with Gasteiger partial charge < -0.3 is 5.73 Å². The summed E-state index contributed by atoms with van der Waals surface area (Å²) in [6, 6.07) is 13.3. The van der Waals surface area contributed by atoms with Gasteiger partial charge in [0, 0.05) is 17.7 Å². The molecule has 0 aliphatic carbocycles. The van der Waals surface area contributed by atoms with Gasteiger partial charge in [0.05, 0.1) is 0 Å². The van der Waals surface area contributed by atoms with Crippen molar-refractivity contribution in [2.75, 3.05) is 5.73 Å². The molecular formula is C16H17NO. The molecule has 2 rings (SSSR count). The molecule has 0 heterocycles. The van der Waals surface area contributed by atoms with E-state index < -0.39 is 0 Å². The molecule has 0 aliphatic heterocycles. The van der Waals surface area contributed by atoms with E-state index in [4.69, 9.17) is 5.73 Å². The maximum atomic E-state index is 12.1. The van der Waals surface area contributed by atoms with E-state index in [1.165, 1.54) is 0 Å². The molecule has 0 aliphatic rings. The number of carbonyl (C=O) groups is 1. The molecule has 92 valence electrons. The number of ketones is 1. The van der Waals surface area contributed by atoms with Gasteiger partial charge in [-0.2, -0.15) is 0 Å². The summed E-state index contributed by atoms with van der Waals surface area (Å²) in [6.45, 7) is 3.94. The van der Waals surface area contributed by atoms with E-state index in [2.05, 4.69) is 0 Å². The monoisotopic (exact) mass is 239 g/mol. The lowest BCUT2D eigenvalue weighted by atomic mass is 9.98. The van der Waals surface area contributed by atoms with Gasteiger partial charge in [-0.15, -0.1) is 0 Å². The van der Waals surface area contributed by atoms with Crippen LogP contribution >= 0.6 is 0 Å². The van der Waals surface area contributed by atoms with Gasteiger partial charge in [0.15, 0.2) is 5.78 Å². The van der Waals surface area contributed by atoms with Gasteiger partial charge in [0.25, 0.3) is 0 Å². The molecule has 18 heavy (non-hydrogen) atoms. The van der Waals surface area contributed by atoms with E-state index >= 15 is 0 Å². The number of nitrogen functional groups attached to an aromatic ring is 1. The Morgan fingerprint density at radius 1 is 1.06 bits per heavy atom. The van der Waals surface area contributed by atoms with Crippen LogP contribution in [0.5, 0.6) is 0 Å². The van der Waals surface area contributed by atoms with E-state index in [0.717, 1.165) is 27.9 Å². The van der Waals surface area contributed by atoms with Gasteiger partial charge in [-0.1, -0.05) is 42.5 Å². The second-order valence-corrected chi connectivity index (χ2v) is 4.61. The number of benzene rings is 2. The van der Waals surface area contributed by atoms with Crippen LogP contribution in [0.4, 0.5) is 5.69 Å². The third-order valence-corrected chi connectivity index (χ3v) is 3.11. The lowest BCUT2D eigenvalue weighted by Crippen LogP contribution is -2.05. The number of carbonyl (C=O) groups excluding carboxylic acids is 1. The Morgan fingerprint density at radius 2 is 1.61 bits per heavy atom. The molecular weight excluding hydrogens is 222 g/mol.